The highest BCUT2D eigenvalue weighted by Gasteiger charge is 2.20. The zero-order chi connectivity index (χ0) is 19.3. The lowest BCUT2D eigenvalue weighted by atomic mass is 10.1. The number of imidazole rings is 1. The number of benzene rings is 2. The summed E-state index contributed by atoms with van der Waals surface area (Å²) in [6.45, 7) is 3.45. The number of nitrogens with one attached hydrogen (secondary N) is 1. The molecule has 1 aliphatic heterocycles. The molecule has 5 rings (SSSR count). The Morgan fingerprint density at radius 3 is 2.68 bits per heavy atom. The largest absolute Gasteiger partial charge is 0.398 e. The number of anilines is 2. The van der Waals surface area contributed by atoms with E-state index in [1.54, 1.807) is 6.20 Å². The molecular weight excluding hydrogens is 355 g/mol. The highest BCUT2D eigenvalue weighted by Crippen LogP contribution is 2.32. The number of pyridine rings is 1. The summed E-state index contributed by atoms with van der Waals surface area (Å²) in [4.78, 5) is 16.7. The summed E-state index contributed by atoms with van der Waals surface area (Å²) >= 11 is 0. The number of hydrogen-bond acceptors (Lipinski definition) is 5. The van der Waals surface area contributed by atoms with Crippen molar-refractivity contribution in [3.63, 3.8) is 0 Å². The van der Waals surface area contributed by atoms with Crippen molar-refractivity contribution in [3.05, 3.63) is 48.4 Å². The van der Waals surface area contributed by atoms with Crippen LogP contribution in [-0.4, -0.2) is 53.1 Å². The molecule has 0 bridgehead atoms. The monoisotopic (exact) mass is 376 g/mol. The Morgan fingerprint density at radius 2 is 1.86 bits per heavy atom. The number of aromatic nitrogens is 3. The zero-order valence-corrected chi connectivity index (χ0v) is 15.6. The lowest BCUT2D eigenvalue weighted by molar-refractivity contribution is 0.312. The van der Waals surface area contributed by atoms with Crippen LogP contribution in [-0.2, 0) is 0 Å². The van der Waals surface area contributed by atoms with Crippen LogP contribution in [0.25, 0.3) is 33.3 Å². The second kappa shape index (κ2) is 6.45. The van der Waals surface area contributed by atoms with Crippen LogP contribution in [0.2, 0.25) is 0 Å². The van der Waals surface area contributed by atoms with Gasteiger partial charge in [-0.25, -0.2) is 9.37 Å². The molecule has 0 atom stereocenters. The fourth-order valence-electron chi connectivity index (χ4n) is 3.79. The molecule has 0 saturated carbocycles. The smallest absolute Gasteiger partial charge is 0.148 e. The molecule has 1 fully saturated rings. The van der Waals surface area contributed by atoms with Crippen LogP contribution >= 0.6 is 0 Å². The molecule has 2 aromatic heterocycles. The molecule has 0 amide bonds. The molecule has 4 aromatic rings. The van der Waals surface area contributed by atoms with Gasteiger partial charge in [0.15, 0.2) is 0 Å². The molecule has 3 heterocycles. The molecule has 0 aliphatic carbocycles. The van der Waals surface area contributed by atoms with Crippen LogP contribution in [0.15, 0.2) is 42.6 Å². The second-order valence-corrected chi connectivity index (χ2v) is 7.30. The average molecular weight is 376 g/mol. The van der Waals surface area contributed by atoms with Gasteiger partial charge in [-0.2, -0.15) is 0 Å². The van der Waals surface area contributed by atoms with Crippen molar-refractivity contribution in [1.29, 1.82) is 0 Å². The van der Waals surface area contributed by atoms with Crippen LogP contribution in [0, 0.1) is 5.82 Å². The number of rotatable bonds is 2. The first-order chi connectivity index (χ1) is 13.6. The molecule has 0 radical (unpaired) electrons. The van der Waals surface area contributed by atoms with Crippen LogP contribution in [0.5, 0.6) is 0 Å². The molecule has 3 N–H and O–H groups in total. The van der Waals surface area contributed by atoms with Gasteiger partial charge < -0.3 is 20.5 Å². The van der Waals surface area contributed by atoms with Gasteiger partial charge in [0.1, 0.15) is 11.6 Å². The number of para-hydroxylation sites is 1. The van der Waals surface area contributed by atoms with Crippen molar-refractivity contribution in [2.45, 2.75) is 0 Å². The van der Waals surface area contributed by atoms with E-state index in [1.165, 1.54) is 6.07 Å². The van der Waals surface area contributed by atoms with E-state index in [0.717, 1.165) is 48.2 Å². The Labute approximate surface area is 161 Å². The van der Waals surface area contributed by atoms with Crippen molar-refractivity contribution in [2.24, 2.45) is 0 Å². The first-order valence-electron chi connectivity index (χ1n) is 9.36. The normalized spacial score (nSPS) is 15.6. The Bertz CT molecular complexity index is 1180. The molecule has 142 valence electrons. The number of H-pyrrole nitrogens is 1. The number of likely N-dealkylation sites (N-methyl/N-ethyl adjacent to an activating group) is 1. The average Bonchev–Trinajstić information content (AvgIpc) is 3.11. The summed E-state index contributed by atoms with van der Waals surface area (Å²) in [6, 6.07) is 11.1. The standard InChI is InChI=1S/C21H21FN6/c1-27-6-8-28(9-7-27)19-11-18-17(10-15(19)22)25-21(26-18)14-12-24-16-5-3-2-4-13(16)20(14)23/h2-5,10-12H,6-9H2,1H3,(H2,23,24)(H,25,26). The quantitative estimate of drug-likeness (QED) is 0.562. The van der Waals surface area contributed by atoms with Crippen molar-refractivity contribution < 1.29 is 4.39 Å². The van der Waals surface area contributed by atoms with Gasteiger partial charge in [-0.1, -0.05) is 18.2 Å². The number of aromatic amines is 1. The Kier molecular flexibility index (Phi) is 3.91. The minimum atomic E-state index is -0.239. The van der Waals surface area contributed by atoms with Crippen molar-refractivity contribution in [1.82, 2.24) is 19.9 Å². The summed E-state index contributed by atoms with van der Waals surface area (Å²) < 4.78 is 14.8. The number of nitrogens with zero attached hydrogens (tertiary/aromatic N) is 4. The summed E-state index contributed by atoms with van der Waals surface area (Å²) in [5.41, 5.74) is 10.5. The van der Waals surface area contributed by atoms with E-state index in [4.69, 9.17) is 5.73 Å². The van der Waals surface area contributed by atoms with Crippen molar-refractivity contribution >= 4 is 33.3 Å². The van der Waals surface area contributed by atoms with E-state index in [0.29, 0.717) is 22.7 Å². The molecule has 6 nitrogen and oxygen atoms in total. The van der Waals surface area contributed by atoms with E-state index in [2.05, 4.69) is 31.8 Å². The Morgan fingerprint density at radius 1 is 1.07 bits per heavy atom. The fraction of sp³-hybridized carbons (Fsp3) is 0.238. The van der Waals surface area contributed by atoms with Gasteiger partial charge >= 0.3 is 0 Å². The lowest BCUT2D eigenvalue weighted by Crippen LogP contribution is -2.44. The fourth-order valence-corrected chi connectivity index (χ4v) is 3.79. The van der Waals surface area contributed by atoms with E-state index < -0.39 is 0 Å². The van der Waals surface area contributed by atoms with Gasteiger partial charge in [-0.3, -0.25) is 4.98 Å². The SMILES string of the molecule is CN1CCN(c2cc3nc(-c4cnc5ccccc5c4N)[nH]c3cc2F)CC1. The third kappa shape index (κ3) is 2.75. The number of nitrogens with two attached hydrogens (primary N) is 1. The number of fused-ring (bicyclic) bond motifs is 2. The molecule has 2 aromatic carbocycles. The van der Waals surface area contributed by atoms with E-state index in [1.807, 2.05) is 30.3 Å². The van der Waals surface area contributed by atoms with E-state index >= 15 is 0 Å². The van der Waals surface area contributed by atoms with Gasteiger partial charge in [-0.05, 0) is 19.2 Å². The van der Waals surface area contributed by atoms with Gasteiger partial charge in [0.2, 0.25) is 0 Å². The van der Waals surface area contributed by atoms with Crippen molar-refractivity contribution in [3.8, 4) is 11.4 Å². The number of halogens is 1. The molecule has 7 heteroatoms. The predicted molar refractivity (Wildman–Crippen MR) is 111 cm³/mol. The minimum Gasteiger partial charge on any atom is -0.398 e. The molecule has 28 heavy (non-hydrogen) atoms. The summed E-state index contributed by atoms with van der Waals surface area (Å²) in [5.74, 6) is 0.359. The highest BCUT2D eigenvalue weighted by atomic mass is 19.1. The zero-order valence-electron chi connectivity index (χ0n) is 15.6. The van der Waals surface area contributed by atoms with Gasteiger partial charge in [0.05, 0.1) is 33.5 Å². The minimum absolute atomic E-state index is 0.239. The van der Waals surface area contributed by atoms with Gasteiger partial charge in [0, 0.05) is 43.8 Å². The predicted octanol–water partition coefficient (Wildman–Crippen LogP) is 3.25. The first-order valence-corrected chi connectivity index (χ1v) is 9.36. The summed E-state index contributed by atoms with van der Waals surface area (Å²) in [5, 5.41) is 0.879. The molecule has 1 saturated heterocycles. The van der Waals surface area contributed by atoms with E-state index in [9.17, 15) is 4.39 Å². The Balaban J connectivity index is 1.58. The number of hydrogen-bond donors (Lipinski definition) is 2. The number of piperazine rings is 1. The van der Waals surface area contributed by atoms with Crippen LogP contribution in [0.1, 0.15) is 0 Å². The molecular formula is C21H21FN6. The van der Waals surface area contributed by atoms with Crippen molar-refractivity contribution in [2.75, 3.05) is 43.9 Å². The van der Waals surface area contributed by atoms with Crippen LogP contribution in [0.3, 0.4) is 0 Å². The summed E-state index contributed by atoms with van der Waals surface area (Å²) in [7, 11) is 2.08. The first kappa shape index (κ1) is 16.9. The molecule has 0 unspecified atom stereocenters. The van der Waals surface area contributed by atoms with E-state index in [-0.39, 0.29) is 5.82 Å². The summed E-state index contributed by atoms with van der Waals surface area (Å²) in [6.07, 6.45) is 1.72. The second-order valence-electron chi connectivity index (χ2n) is 7.30. The third-order valence-corrected chi connectivity index (χ3v) is 5.47. The van der Waals surface area contributed by atoms with Crippen LogP contribution in [0.4, 0.5) is 15.8 Å². The highest BCUT2D eigenvalue weighted by molar-refractivity contribution is 5.97. The Hall–Kier alpha value is -3.19. The van der Waals surface area contributed by atoms with Crippen LogP contribution < -0.4 is 10.6 Å². The van der Waals surface area contributed by atoms with Gasteiger partial charge in [-0.15, -0.1) is 0 Å². The maximum Gasteiger partial charge on any atom is 0.148 e. The maximum atomic E-state index is 14.8. The maximum absolute atomic E-state index is 14.8. The number of nitrogen functional groups attached to an aromatic ring is 1. The lowest BCUT2D eigenvalue weighted by Gasteiger charge is -2.34. The molecule has 0 spiro atoms. The van der Waals surface area contributed by atoms with Gasteiger partial charge in [0.25, 0.3) is 0 Å². The third-order valence-electron chi connectivity index (χ3n) is 5.47. The molecule has 1 aliphatic rings. The topological polar surface area (TPSA) is 74.1 Å².